The van der Waals surface area contributed by atoms with Crippen LogP contribution in [0.1, 0.15) is 28.1 Å². The molecule has 0 atom stereocenters. The number of rotatable bonds is 1. The number of aromatic nitrogens is 1. The van der Waals surface area contributed by atoms with Crippen molar-refractivity contribution >= 4 is 23.1 Å². The average molecular weight is 266 g/mol. The van der Waals surface area contributed by atoms with Crippen LogP contribution in [-0.2, 0) is 6.42 Å². The molecule has 1 aliphatic carbocycles. The van der Waals surface area contributed by atoms with E-state index in [2.05, 4.69) is 30.0 Å². The minimum atomic E-state index is 0.745. The van der Waals surface area contributed by atoms with Crippen molar-refractivity contribution in [2.24, 2.45) is 0 Å². The highest BCUT2D eigenvalue weighted by Crippen LogP contribution is 2.40. The molecule has 1 heterocycles. The lowest BCUT2D eigenvalue weighted by Crippen LogP contribution is -1.89. The Morgan fingerprint density at radius 2 is 2.05 bits per heavy atom. The van der Waals surface area contributed by atoms with Crippen LogP contribution in [-0.4, -0.2) is 4.98 Å². The second-order valence-corrected chi connectivity index (χ2v) is 5.89. The zero-order valence-corrected chi connectivity index (χ0v) is 11.8. The predicted molar refractivity (Wildman–Crippen MR) is 80.6 cm³/mol. The number of benzene rings is 1. The van der Waals surface area contributed by atoms with Gasteiger partial charge in [0.2, 0.25) is 0 Å². The summed E-state index contributed by atoms with van der Waals surface area (Å²) in [6.07, 6.45) is 6.44. The highest BCUT2D eigenvalue weighted by molar-refractivity contribution is 7.15. The third-order valence-corrected chi connectivity index (χ3v) is 4.60. The van der Waals surface area contributed by atoms with Crippen molar-refractivity contribution in [3.8, 4) is 10.6 Å². The van der Waals surface area contributed by atoms with Crippen LogP contribution in [0, 0.1) is 20.4 Å². The maximum Gasteiger partial charge on any atom is 0.200 e. The van der Waals surface area contributed by atoms with Crippen LogP contribution in [0.2, 0.25) is 0 Å². The fourth-order valence-electron chi connectivity index (χ4n) is 2.40. The molecule has 0 radical (unpaired) electrons. The van der Waals surface area contributed by atoms with Gasteiger partial charge in [-0.15, -0.1) is 11.3 Å². The second-order valence-electron chi connectivity index (χ2n) is 4.80. The van der Waals surface area contributed by atoms with E-state index in [1.165, 1.54) is 4.88 Å². The summed E-state index contributed by atoms with van der Waals surface area (Å²) < 4.78 is 0. The van der Waals surface area contributed by atoms with Crippen LogP contribution < -0.4 is 0 Å². The van der Waals surface area contributed by atoms with Gasteiger partial charge in [-0.3, -0.25) is 0 Å². The Morgan fingerprint density at radius 3 is 2.79 bits per heavy atom. The zero-order valence-electron chi connectivity index (χ0n) is 11.0. The van der Waals surface area contributed by atoms with Crippen molar-refractivity contribution < 1.29 is 0 Å². The Labute approximate surface area is 117 Å². The number of thiazole rings is 1. The molecule has 0 spiro atoms. The van der Waals surface area contributed by atoms with Gasteiger partial charge in [-0.1, -0.05) is 23.8 Å². The van der Waals surface area contributed by atoms with E-state index in [4.69, 9.17) is 11.6 Å². The summed E-state index contributed by atoms with van der Waals surface area (Å²) >= 11 is 1.74. The fourth-order valence-corrected chi connectivity index (χ4v) is 3.57. The summed E-state index contributed by atoms with van der Waals surface area (Å²) in [6, 6.07) is 4.09. The molecule has 0 unspecified atom stereocenters. The van der Waals surface area contributed by atoms with Crippen molar-refractivity contribution in [1.29, 1.82) is 0 Å². The van der Waals surface area contributed by atoms with Crippen molar-refractivity contribution in [2.45, 2.75) is 26.7 Å². The standard InChI is InChI=1S/C16H14N2S/c1-10-8-9-11(2)15(17-3)14(10)16-18-12-6-4-5-7-13(12)19-16/h4,6,8-9H,5,7H2,1-2H3. The van der Waals surface area contributed by atoms with Gasteiger partial charge in [0.1, 0.15) is 5.01 Å². The average Bonchev–Trinajstić information content (AvgIpc) is 2.84. The van der Waals surface area contributed by atoms with Crippen LogP contribution >= 0.6 is 11.3 Å². The van der Waals surface area contributed by atoms with Gasteiger partial charge in [-0.2, -0.15) is 0 Å². The maximum atomic E-state index is 7.42. The predicted octanol–water partition coefficient (Wildman–Crippen LogP) is 4.94. The van der Waals surface area contributed by atoms with Gasteiger partial charge in [-0.25, -0.2) is 9.83 Å². The monoisotopic (exact) mass is 266 g/mol. The number of hydrogen-bond acceptors (Lipinski definition) is 2. The molecule has 0 bridgehead atoms. The number of aryl methyl sites for hydroxylation is 3. The number of allylic oxidation sites excluding steroid dienone is 1. The van der Waals surface area contributed by atoms with Crippen molar-refractivity contribution in [3.63, 3.8) is 0 Å². The minimum absolute atomic E-state index is 0.745. The van der Waals surface area contributed by atoms with Crippen LogP contribution in [0.3, 0.4) is 0 Å². The topological polar surface area (TPSA) is 17.2 Å². The summed E-state index contributed by atoms with van der Waals surface area (Å²) in [5.74, 6) is 0. The summed E-state index contributed by atoms with van der Waals surface area (Å²) in [6.45, 7) is 11.5. The number of fused-ring (bicyclic) bond motifs is 1. The molecule has 1 aromatic carbocycles. The maximum absolute atomic E-state index is 7.42. The summed E-state index contributed by atoms with van der Waals surface area (Å²) in [5, 5.41) is 0.990. The van der Waals surface area contributed by atoms with Crippen molar-refractivity contribution in [2.75, 3.05) is 0 Å². The summed E-state index contributed by atoms with van der Waals surface area (Å²) in [7, 11) is 0. The molecule has 2 nitrogen and oxygen atoms in total. The molecule has 1 aliphatic rings. The van der Waals surface area contributed by atoms with Crippen molar-refractivity contribution in [1.82, 2.24) is 4.98 Å². The first-order valence-electron chi connectivity index (χ1n) is 6.35. The van der Waals surface area contributed by atoms with Crippen LogP contribution in [0.15, 0.2) is 18.2 Å². The first-order valence-corrected chi connectivity index (χ1v) is 7.16. The van der Waals surface area contributed by atoms with Gasteiger partial charge in [0, 0.05) is 10.4 Å². The molecule has 3 rings (SSSR count). The molecule has 94 valence electrons. The summed E-state index contributed by atoms with van der Waals surface area (Å²) in [5.41, 5.74) is 5.01. The van der Waals surface area contributed by atoms with Gasteiger partial charge in [0.05, 0.1) is 12.3 Å². The van der Waals surface area contributed by atoms with Crippen molar-refractivity contribution in [3.05, 3.63) is 51.3 Å². The molecule has 0 amide bonds. The molecule has 0 fully saturated rings. The normalized spacial score (nSPS) is 13.1. The molecule has 0 saturated carbocycles. The third-order valence-electron chi connectivity index (χ3n) is 3.46. The lowest BCUT2D eigenvalue weighted by Gasteiger charge is -2.07. The van der Waals surface area contributed by atoms with E-state index in [9.17, 15) is 0 Å². The lowest BCUT2D eigenvalue weighted by atomic mass is 10.0. The molecule has 2 aromatic rings. The van der Waals surface area contributed by atoms with E-state index < -0.39 is 0 Å². The molecule has 0 N–H and O–H groups in total. The van der Waals surface area contributed by atoms with E-state index in [0.717, 1.165) is 45.9 Å². The Morgan fingerprint density at radius 1 is 1.26 bits per heavy atom. The van der Waals surface area contributed by atoms with E-state index in [0.29, 0.717) is 0 Å². The largest absolute Gasteiger partial charge is 0.238 e. The Balaban J connectivity index is 2.23. The molecule has 19 heavy (non-hydrogen) atoms. The first-order chi connectivity index (χ1) is 9.20. The van der Waals surface area contributed by atoms with Gasteiger partial charge < -0.3 is 0 Å². The number of nitrogens with zero attached hydrogens (tertiary/aromatic N) is 2. The Hall–Kier alpha value is -1.92. The van der Waals surface area contributed by atoms with E-state index in [-0.39, 0.29) is 0 Å². The first kappa shape index (κ1) is 12.1. The molecule has 1 aromatic heterocycles. The third kappa shape index (κ3) is 1.98. The molecule has 3 heteroatoms. The van der Waals surface area contributed by atoms with Crippen LogP contribution in [0.4, 0.5) is 5.69 Å². The number of hydrogen-bond donors (Lipinski definition) is 0. The highest BCUT2D eigenvalue weighted by atomic mass is 32.1. The van der Waals surface area contributed by atoms with Crippen LogP contribution in [0.25, 0.3) is 21.5 Å². The molecular formula is C16H14N2S. The molecule has 0 saturated heterocycles. The second kappa shape index (κ2) is 4.64. The quantitative estimate of drug-likeness (QED) is 0.668. The Bertz CT molecular complexity index is 717. The van der Waals surface area contributed by atoms with E-state index in [1.54, 1.807) is 11.3 Å². The van der Waals surface area contributed by atoms with Gasteiger partial charge in [0.25, 0.3) is 0 Å². The highest BCUT2D eigenvalue weighted by Gasteiger charge is 2.18. The Kier molecular flexibility index (Phi) is 2.96. The smallest absolute Gasteiger partial charge is 0.200 e. The SMILES string of the molecule is [C-]#[N+]c1c(C)ccc(C)c1-c1nc2c(s1)CCC=C2. The minimum Gasteiger partial charge on any atom is -0.238 e. The van der Waals surface area contributed by atoms with Gasteiger partial charge >= 0.3 is 0 Å². The van der Waals surface area contributed by atoms with E-state index >= 15 is 0 Å². The molecular weight excluding hydrogens is 252 g/mol. The van der Waals surface area contributed by atoms with E-state index in [1.807, 2.05) is 13.0 Å². The molecule has 0 aliphatic heterocycles. The van der Waals surface area contributed by atoms with Gasteiger partial charge in [-0.05, 0) is 38.3 Å². The lowest BCUT2D eigenvalue weighted by molar-refractivity contribution is 1.00. The van der Waals surface area contributed by atoms with Gasteiger partial charge in [0.15, 0.2) is 5.69 Å². The zero-order chi connectivity index (χ0) is 13.4. The summed E-state index contributed by atoms with van der Waals surface area (Å²) in [4.78, 5) is 9.77. The van der Waals surface area contributed by atoms with Crippen LogP contribution in [0.5, 0.6) is 0 Å². The fraction of sp³-hybridized carbons (Fsp3) is 0.250.